The first-order valence-electron chi connectivity index (χ1n) is 5.66. The van der Waals surface area contributed by atoms with E-state index in [-0.39, 0.29) is 18.0 Å². The molecule has 2 rings (SSSR count). The predicted molar refractivity (Wildman–Crippen MR) is 69.7 cm³/mol. The molecule has 0 saturated carbocycles. The highest BCUT2D eigenvalue weighted by molar-refractivity contribution is 7.89. The molecule has 0 aliphatic carbocycles. The van der Waals surface area contributed by atoms with Crippen LogP contribution in [0, 0.1) is 10.1 Å². The molecule has 1 heterocycles. The number of hydrazine groups is 1. The highest BCUT2D eigenvalue weighted by Gasteiger charge is 2.29. The molecule has 0 radical (unpaired) electrons. The molecule has 0 amide bonds. The number of nitrogens with one attached hydrogen (secondary N) is 1. The first kappa shape index (κ1) is 13.7. The Morgan fingerprint density at radius 2 is 2.21 bits per heavy atom. The Kier molecular flexibility index (Phi) is 3.69. The minimum absolute atomic E-state index is 0.0869. The van der Waals surface area contributed by atoms with E-state index >= 15 is 0 Å². The molecular weight excluding hydrogens is 272 g/mol. The second-order valence-electron chi connectivity index (χ2n) is 4.25. The van der Waals surface area contributed by atoms with Crippen LogP contribution in [0.2, 0.25) is 0 Å². The van der Waals surface area contributed by atoms with Gasteiger partial charge in [-0.05, 0) is 18.1 Å². The van der Waals surface area contributed by atoms with Crippen LogP contribution >= 0.6 is 0 Å². The summed E-state index contributed by atoms with van der Waals surface area (Å²) < 4.78 is 24.8. The van der Waals surface area contributed by atoms with Gasteiger partial charge in [-0.3, -0.25) is 16.0 Å². The van der Waals surface area contributed by atoms with Crippen LogP contribution in [0.5, 0.6) is 0 Å². The van der Waals surface area contributed by atoms with E-state index in [2.05, 4.69) is 5.43 Å². The number of non-ortho nitro benzene ring substituents is 1. The summed E-state index contributed by atoms with van der Waals surface area (Å²) in [6.45, 7) is 0.512. The van der Waals surface area contributed by atoms with Crippen LogP contribution in [-0.4, -0.2) is 29.9 Å². The van der Waals surface area contributed by atoms with E-state index in [0.717, 1.165) is 0 Å². The zero-order valence-electron chi connectivity index (χ0n) is 10.1. The molecule has 104 valence electrons. The highest BCUT2D eigenvalue weighted by Crippen LogP contribution is 2.25. The molecule has 1 aromatic rings. The molecule has 19 heavy (non-hydrogen) atoms. The molecule has 1 aliphatic rings. The Morgan fingerprint density at radius 3 is 2.74 bits per heavy atom. The molecule has 9 heteroatoms. The SMILES string of the molecule is NNc1ccc([N+](=O)[O-])cc1CN1CCCS1(=O)=O. The summed E-state index contributed by atoms with van der Waals surface area (Å²) in [5.74, 6) is 5.45. The van der Waals surface area contributed by atoms with Crippen LogP contribution in [0.3, 0.4) is 0 Å². The topological polar surface area (TPSA) is 119 Å². The zero-order chi connectivity index (χ0) is 14.0. The first-order chi connectivity index (χ1) is 8.94. The van der Waals surface area contributed by atoms with Crippen molar-refractivity contribution in [1.82, 2.24) is 4.31 Å². The molecular formula is C10H14N4O4S. The number of sulfonamides is 1. The maximum Gasteiger partial charge on any atom is 0.269 e. The van der Waals surface area contributed by atoms with Gasteiger partial charge in [-0.15, -0.1) is 0 Å². The Labute approximate surface area is 110 Å². The average molecular weight is 286 g/mol. The normalized spacial score (nSPS) is 18.4. The lowest BCUT2D eigenvalue weighted by Gasteiger charge is -2.16. The number of nitrogens with two attached hydrogens (primary N) is 1. The summed E-state index contributed by atoms with van der Waals surface area (Å²) >= 11 is 0. The Hall–Kier alpha value is -1.71. The molecule has 1 aliphatic heterocycles. The number of anilines is 1. The summed E-state index contributed by atoms with van der Waals surface area (Å²) in [4.78, 5) is 10.2. The van der Waals surface area contributed by atoms with Crippen LogP contribution in [0.25, 0.3) is 0 Å². The lowest BCUT2D eigenvalue weighted by molar-refractivity contribution is -0.384. The lowest BCUT2D eigenvalue weighted by Crippen LogP contribution is -2.26. The van der Waals surface area contributed by atoms with Crippen molar-refractivity contribution in [3.05, 3.63) is 33.9 Å². The highest BCUT2D eigenvalue weighted by atomic mass is 32.2. The minimum Gasteiger partial charge on any atom is -0.324 e. The third-order valence-corrected chi connectivity index (χ3v) is 4.91. The first-order valence-corrected chi connectivity index (χ1v) is 7.27. The molecule has 0 atom stereocenters. The van der Waals surface area contributed by atoms with E-state index in [1.165, 1.54) is 22.5 Å². The van der Waals surface area contributed by atoms with Crippen molar-refractivity contribution in [3.8, 4) is 0 Å². The summed E-state index contributed by atoms with van der Waals surface area (Å²) in [6.07, 6.45) is 0.572. The van der Waals surface area contributed by atoms with Crippen molar-refractivity contribution in [1.29, 1.82) is 0 Å². The molecule has 0 aromatic heterocycles. The van der Waals surface area contributed by atoms with Crippen molar-refractivity contribution in [3.63, 3.8) is 0 Å². The van der Waals surface area contributed by atoms with Gasteiger partial charge in [0.2, 0.25) is 10.0 Å². The van der Waals surface area contributed by atoms with Crippen LogP contribution in [0.1, 0.15) is 12.0 Å². The van der Waals surface area contributed by atoms with Crippen molar-refractivity contribution in [2.24, 2.45) is 5.84 Å². The van der Waals surface area contributed by atoms with Crippen LogP contribution in [0.4, 0.5) is 11.4 Å². The standard InChI is InChI=1S/C10H14N4O4S/c11-12-10-3-2-9(14(15)16)6-8(10)7-13-4-1-5-19(13,17)18/h2-3,6,12H,1,4-5,7,11H2. The monoisotopic (exact) mass is 286 g/mol. The van der Waals surface area contributed by atoms with Crippen molar-refractivity contribution < 1.29 is 13.3 Å². The third kappa shape index (κ3) is 2.83. The van der Waals surface area contributed by atoms with Gasteiger partial charge in [0.05, 0.1) is 16.4 Å². The molecule has 0 unspecified atom stereocenters. The van der Waals surface area contributed by atoms with Gasteiger partial charge in [0.1, 0.15) is 0 Å². The lowest BCUT2D eigenvalue weighted by atomic mass is 10.1. The van der Waals surface area contributed by atoms with E-state index < -0.39 is 14.9 Å². The van der Waals surface area contributed by atoms with Gasteiger partial charge in [-0.2, -0.15) is 4.31 Å². The van der Waals surface area contributed by atoms with Gasteiger partial charge in [-0.1, -0.05) is 0 Å². The van der Waals surface area contributed by atoms with Crippen LogP contribution in [-0.2, 0) is 16.6 Å². The fourth-order valence-corrected chi connectivity index (χ4v) is 3.52. The number of nitrogens with zero attached hydrogens (tertiary/aromatic N) is 2. The molecule has 1 saturated heterocycles. The molecule has 8 nitrogen and oxygen atoms in total. The molecule has 3 N–H and O–H groups in total. The quantitative estimate of drug-likeness (QED) is 0.470. The number of rotatable bonds is 4. The Bertz CT molecular complexity index is 602. The van der Waals surface area contributed by atoms with E-state index in [1.54, 1.807) is 0 Å². The van der Waals surface area contributed by atoms with Crippen molar-refractivity contribution >= 4 is 21.4 Å². The maximum atomic E-state index is 11.7. The smallest absolute Gasteiger partial charge is 0.269 e. The van der Waals surface area contributed by atoms with E-state index in [4.69, 9.17) is 5.84 Å². The van der Waals surface area contributed by atoms with E-state index in [1.807, 2.05) is 0 Å². The van der Waals surface area contributed by atoms with Crippen molar-refractivity contribution in [2.45, 2.75) is 13.0 Å². The fraction of sp³-hybridized carbons (Fsp3) is 0.400. The Morgan fingerprint density at radius 1 is 1.47 bits per heavy atom. The van der Waals surface area contributed by atoms with Gasteiger partial charge in [0.25, 0.3) is 5.69 Å². The summed E-state index contributed by atoms with van der Waals surface area (Å²) in [7, 11) is -3.25. The third-order valence-electron chi connectivity index (χ3n) is 3.01. The van der Waals surface area contributed by atoms with Crippen LogP contribution in [0.15, 0.2) is 18.2 Å². The number of nitro benzene ring substituents is 1. The Balaban J connectivity index is 2.32. The summed E-state index contributed by atoms with van der Waals surface area (Å²) in [5, 5.41) is 10.7. The van der Waals surface area contributed by atoms with E-state index in [0.29, 0.717) is 24.2 Å². The van der Waals surface area contributed by atoms with Gasteiger partial charge < -0.3 is 5.43 Å². The molecule has 0 spiro atoms. The van der Waals surface area contributed by atoms with E-state index in [9.17, 15) is 18.5 Å². The zero-order valence-corrected chi connectivity index (χ0v) is 10.9. The number of nitrogen functional groups attached to an aromatic ring is 1. The maximum absolute atomic E-state index is 11.7. The minimum atomic E-state index is -3.25. The summed E-state index contributed by atoms with van der Waals surface area (Å²) in [5.41, 5.74) is 3.29. The number of nitro groups is 1. The predicted octanol–water partition coefficient (Wildman–Crippen LogP) is 0.416. The second-order valence-corrected chi connectivity index (χ2v) is 6.33. The number of hydrogen-bond donors (Lipinski definition) is 2. The number of benzene rings is 1. The summed E-state index contributed by atoms with van der Waals surface area (Å²) in [6, 6.07) is 4.12. The second kappa shape index (κ2) is 5.11. The van der Waals surface area contributed by atoms with Crippen LogP contribution < -0.4 is 11.3 Å². The molecule has 0 bridgehead atoms. The number of hydrogen-bond acceptors (Lipinski definition) is 6. The average Bonchev–Trinajstić information content (AvgIpc) is 2.68. The molecule has 1 aromatic carbocycles. The fourth-order valence-electron chi connectivity index (χ4n) is 2.02. The van der Waals surface area contributed by atoms with Gasteiger partial charge in [-0.25, -0.2) is 8.42 Å². The van der Waals surface area contributed by atoms with Gasteiger partial charge in [0, 0.05) is 25.2 Å². The van der Waals surface area contributed by atoms with Gasteiger partial charge in [0.15, 0.2) is 0 Å². The largest absolute Gasteiger partial charge is 0.324 e. The molecule has 1 fully saturated rings. The van der Waals surface area contributed by atoms with Crippen molar-refractivity contribution in [2.75, 3.05) is 17.7 Å². The van der Waals surface area contributed by atoms with Gasteiger partial charge >= 0.3 is 0 Å².